The van der Waals surface area contributed by atoms with Crippen LogP contribution in [-0.4, -0.2) is 57.3 Å². The molecule has 1 aliphatic heterocycles. The van der Waals surface area contributed by atoms with Crippen molar-refractivity contribution in [2.75, 3.05) is 40.3 Å². The molecule has 0 aromatic carbocycles. The second kappa shape index (κ2) is 7.16. The highest BCUT2D eigenvalue weighted by molar-refractivity contribution is 5.79. The SMILES string of the molecule is CN=C(NCc1ccoc1)NCC1CN(C)CCO1. The molecule has 1 atom stereocenters. The molecule has 1 aromatic heterocycles. The Balaban J connectivity index is 1.70. The molecule has 2 rings (SSSR count). The number of furan rings is 1. The largest absolute Gasteiger partial charge is 0.472 e. The van der Waals surface area contributed by atoms with Crippen LogP contribution in [0, 0.1) is 0 Å². The number of likely N-dealkylation sites (N-methyl/N-ethyl adjacent to an activating group) is 1. The molecule has 19 heavy (non-hydrogen) atoms. The molecular weight excluding hydrogens is 244 g/mol. The molecule has 2 heterocycles. The Hall–Kier alpha value is -1.53. The zero-order valence-corrected chi connectivity index (χ0v) is 11.6. The van der Waals surface area contributed by atoms with Crippen molar-refractivity contribution in [2.24, 2.45) is 4.99 Å². The maximum atomic E-state index is 5.69. The first-order valence-corrected chi connectivity index (χ1v) is 6.53. The van der Waals surface area contributed by atoms with Gasteiger partial charge in [0.05, 0.1) is 25.2 Å². The first-order valence-electron chi connectivity index (χ1n) is 6.53. The Morgan fingerprint density at radius 1 is 1.53 bits per heavy atom. The first-order chi connectivity index (χ1) is 9.28. The smallest absolute Gasteiger partial charge is 0.191 e. The summed E-state index contributed by atoms with van der Waals surface area (Å²) in [5, 5.41) is 6.51. The Labute approximate surface area is 113 Å². The molecule has 0 radical (unpaired) electrons. The summed E-state index contributed by atoms with van der Waals surface area (Å²) < 4.78 is 10.7. The third-order valence-corrected chi connectivity index (χ3v) is 3.10. The third-order valence-electron chi connectivity index (χ3n) is 3.10. The van der Waals surface area contributed by atoms with Crippen LogP contribution >= 0.6 is 0 Å². The number of nitrogens with zero attached hydrogens (tertiary/aromatic N) is 2. The van der Waals surface area contributed by atoms with Gasteiger partial charge in [0.25, 0.3) is 0 Å². The van der Waals surface area contributed by atoms with Crippen LogP contribution in [0.1, 0.15) is 5.56 Å². The summed E-state index contributed by atoms with van der Waals surface area (Å²) in [6.07, 6.45) is 3.60. The molecule has 1 fully saturated rings. The van der Waals surface area contributed by atoms with Gasteiger partial charge in [0.15, 0.2) is 5.96 Å². The molecule has 106 valence electrons. The molecule has 0 saturated carbocycles. The van der Waals surface area contributed by atoms with E-state index in [0.717, 1.165) is 37.8 Å². The summed E-state index contributed by atoms with van der Waals surface area (Å²) in [7, 11) is 3.88. The third kappa shape index (κ3) is 4.57. The van der Waals surface area contributed by atoms with Crippen LogP contribution in [-0.2, 0) is 11.3 Å². The summed E-state index contributed by atoms with van der Waals surface area (Å²) in [6.45, 7) is 4.20. The van der Waals surface area contributed by atoms with Gasteiger partial charge in [-0.15, -0.1) is 0 Å². The highest BCUT2D eigenvalue weighted by atomic mass is 16.5. The fraction of sp³-hybridized carbons (Fsp3) is 0.615. The van der Waals surface area contributed by atoms with Crippen LogP contribution in [0.15, 0.2) is 28.0 Å². The van der Waals surface area contributed by atoms with E-state index in [1.54, 1.807) is 19.6 Å². The van der Waals surface area contributed by atoms with Crippen LogP contribution in [0.3, 0.4) is 0 Å². The van der Waals surface area contributed by atoms with Crippen LogP contribution in [0.5, 0.6) is 0 Å². The lowest BCUT2D eigenvalue weighted by Gasteiger charge is -2.30. The first kappa shape index (κ1) is 13.9. The van der Waals surface area contributed by atoms with Crippen molar-refractivity contribution in [2.45, 2.75) is 12.6 Å². The predicted molar refractivity (Wildman–Crippen MR) is 74.1 cm³/mol. The molecule has 0 amide bonds. The lowest BCUT2D eigenvalue weighted by atomic mass is 10.3. The van der Waals surface area contributed by atoms with E-state index in [1.807, 2.05) is 6.07 Å². The molecule has 1 aliphatic rings. The van der Waals surface area contributed by atoms with Crippen molar-refractivity contribution in [1.82, 2.24) is 15.5 Å². The number of hydrogen-bond acceptors (Lipinski definition) is 4. The molecule has 0 bridgehead atoms. The molecule has 1 saturated heterocycles. The van der Waals surface area contributed by atoms with E-state index in [-0.39, 0.29) is 6.10 Å². The minimum absolute atomic E-state index is 0.214. The minimum Gasteiger partial charge on any atom is -0.472 e. The Morgan fingerprint density at radius 3 is 3.11 bits per heavy atom. The summed E-state index contributed by atoms with van der Waals surface area (Å²) in [4.78, 5) is 6.46. The van der Waals surface area contributed by atoms with Gasteiger partial charge in [-0.1, -0.05) is 0 Å². The fourth-order valence-electron chi connectivity index (χ4n) is 2.00. The van der Waals surface area contributed by atoms with Crippen molar-refractivity contribution in [3.8, 4) is 0 Å². The molecule has 0 aliphatic carbocycles. The summed E-state index contributed by atoms with van der Waals surface area (Å²) >= 11 is 0. The van der Waals surface area contributed by atoms with Crippen LogP contribution in [0.2, 0.25) is 0 Å². The summed E-state index contributed by atoms with van der Waals surface area (Å²) in [6, 6.07) is 1.93. The van der Waals surface area contributed by atoms with Gasteiger partial charge in [-0.2, -0.15) is 0 Å². The van der Waals surface area contributed by atoms with Gasteiger partial charge in [0.2, 0.25) is 0 Å². The molecule has 6 nitrogen and oxygen atoms in total. The fourth-order valence-corrected chi connectivity index (χ4v) is 2.00. The quantitative estimate of drug-likeness (QED) is 0.605. The average molecular weight is 266 g/mol. The Morgan fingerprint density at radius 2 is 2.42 bits per heavy atom. The number of nitrogens with one attached hydrogen (secondary N) is 2. The van der Waals surface area contributed by atoms with Gasteiger partial charge in [0.1, 0.15) is 0 Å². The average Bonchev–Trinajstić information content (AvgIpc) is 2.92. The highest BCUT2D eigenvalue weighted by Gasteiger charge is 2.17. The van der Waals surface area contributed by atoms with E-state index in [4.69, 9.17) is 9.15 Å². The van der Waals surface area contributed by atoms with Crippen molar-refractivity contribution in [3.05, 3.63) is 24.2 Å². The number of hydrogen-bond donors (Lipinski definition) is 2. The van der Waals surface area contributed by atoms with Crippen LogP contribution < -0.4 is 10.6 Å². The maximum Gasteiger partial charge on any atom is 0.191 e. The topological polar surface area (TPSA) is 62.0 Å². The van der Waals surface area contributed by atoms with Gasteiger partial charge in [0, 0.05) is 38.8 Å². The maximum absolute atomic E-state index is 5.69. The van der Waals surface area contributed by atoms with E-state index in [9.17, 15) is 0 Å². The van der Waals surface area contributed by atoms with Gasteiger partial charge in [-0.25, -0.2) is 0 Å². The van der Waals surface area contributed by atoms with E-state index in [2.05, 4.69) is 27.6 Å². The summed E-state index contributed by atoms with van der Waals surface area (Å²) in [5.74, 6) is 0.776. The molecular formula is C13H22N4O2. The van der Waals surface area contributed by atoms with E-state index in [0.29, 0.717) is 6.54 Å². The lowest BCUT2D eigenvalue weighted by Crippen LogP contribution is -2.48. The van der Waals surface area contributed by atoms with Crippen LogP contribution in [0.4, 0.5) is 0 Å². The molecule has 1 unspecified atom stereocenters. The summed E-state index contributed by atoms with van der Waals surface area (Å²) in [5.41, 5.74) is 1.09. The lowest BCUT2D eigenvalue weighted by molar-refractivity contribution is -0.0161. The Bertz CT molecular complexity index is 391. The second-order valence-electron chi connectivity index (χ2n) is 4.69. The second-order valence-corrected chi connectivity index (χ2v) is 4.69. The number of ether oxygens (including phenoxy) is 1. The van der Waals surface area contributed by atoms with Gasteiger partial charge >= 0.3 is 0 Å². The van der Waals surface area contributed by atoms with E-state index >= 15 is 0 Å². The normalized spacial score (nSPS) is 21.4. The number of guanidine groups is 1. The predicted octanol–water partition coefficient (Wildman–Crippen LogP) is 0.275. The van der Waals surface area contributed by atoms with Crippen LogP contribution in [0.25, 0.3) is 0 Å². The Kier molecular flexibility index (Phi) is 5.23. The van der Waals surface area contributed by atoms with Gasteiger partial charge in [-0.05, 0) is 13.1 Å². The van der Waals surface area contributed by atoms with E-state index < -0.39 is 0 Å². The standard InChI is InChI=1S/C13H22N4O2/c1-14-13(15-7-11-3-5-18-10-11)16-8-12-9-17(2)4-6-19-12/h3,5,10,12H,4,6-9H2,1-2H3,(H2,14,15,16). The molecule has 1 aromatic rings. The van der Waals surface area contributed by atoms with Gasteiger partial charge < -0.3 is 24.7 Å². The van der Waals surface area contributed by atoms with Crippen molar-refractivity contribution < 1.29 is 9.15 Å². The van der Waals surface area contributed by atoms with Crippen molar-refractivity contribution in [3.63, 3.8) is 0 Å². The number of rotatable bonds is 4. The van der Waals surface area contributed by atoms with Crippen molar-refractivity contribution in [1.29, 1.82) is 0 Å². The number of morpholine rings is 1. The van der Waals surface area contributed by atoms with Gasteiger partial charge in [-0.3, -0.25) is 4.99 Å². The number of aliphatic imine (C=N–C) groups is 1. The highest BCUT2D eigenvalue weighted by Crippen LogP contribution is 2.01. The van der Waals surface area contributed by atoms with E-state index in [1.165, 1.54) is 0 Å². The zero-order valence-electron chi connectivity index (χ0n) is 11.6. The molecule has 0 spiro atoms. The molecule has 6 heteroatoms. The van der Waals surface area contributed by atoms with Crippen molar-refractivity contribution >= 4 is 5.96 Å². The minimum atomic E-state index is 0.214. The monoisotopic (exact) mass is 266 g/mol. The molecule has 2 N–H and O–H groups in total. The zero-order chi connectivity index (χ0) is 13.5.